The standard InChI is InChI=1S/C18H26O2/c1-3-17(11-19-12-17)9-15-5-7-16(8-6-15)10-18(4-2)13-20-14-18/h5-8H,3-4,9-14H2,1-2H3. The van der Waals surface area contributed by atoms with Crippen LogP contribution in [-0.4, -0.2) is 26.4 Å². The van der Waals surface area contributed by atoms with E-state index in [4.69, 9.17) is 9.47 Å². The van der Waals surface area contributed by atoms with E-state index < -0.39 is 0 Å². The Morgan fingerprint density at radius 2 is 1.10 bits per heavy atom. The van der Waals surface area contributed by atoms with Gasteiger partial charge < -0.3 is 9.47 Å². The van der Waals surface area contributed by atoms with Gasteiger partial charge in [0.1, 0.15) is 0 Å². The molecule has 2 nitrogen and oxygen atoms in total. The van der Waals surface area contributed by atoms with Crippen LogP contribution in [0.3, 0.4) is 0 Å². The number of hydrogen-bond acceptors (Lipinski definition) is 2. The molecule has 2 heteroatoms. The lowest BCUT2D eigenvalue weighted by Gasteiger charge is -2.41. The Hall–Kier alpha value is -0.860. The highest BCUT2D eigenvalue weighted by molar-refractivity contribution is 5.25. The summed E-state index contributed by atoms with van der Waals surface area (Å²) >= 11 is 0. The third kappa shape index (κ3) is 2.64. The average molecular weight is 274 g/mol. The quantitative estimate of drug-likeness (QED) is 0.788. The van der Waals surface area contributed by atoms with Gasteiger partial charge in [0.05, 0.1) is 26.4 Å². The van der Waals surface area contributed by atoms with Crippen molar-refractivity contribution >= 4 is 0 Å². The first-order valence-electron chi connectivity index (χ1n) is 7.93. The maximum Gasteiger partial charge on any atom is 0.0547 e. The third-order valence-corrected chi connectivity index (χ3v) is 5.31. The van der Waals surface area contributed by atoms with Gasteiger partial charge in [0.25, 0.3) is 0 Å². The first-order valence-corrected chi connectivity index (χ1v) is 7.93. The summed E-state index contributed by atoms with van der Waals surface area (Å²) in [5, 5.41) is 0. The minimum Gasteiger partial charge on any atom is -0.380 e. The van der Waals surface area contributed by atoms with Crippen molar-refractivity contribution in [3.05, 3.63) is 35.4 Å². The molecular formula is C18H26O2. The predicted octanol–water partition coefficient (Wildman–Crippen LogP) is 3.62. The fourth-order valence-electron chi connectivity index (χ4n) is 3.28. The highest BCUT2D eigenvalue weighted by Crippen LogP contribution is 2.37. The van der Waals surface area contributed by atoms with E-state index in [1.165, 1.54) is 24.0 Å². The van der Waals surface area contributed by atoms with Gasteiger partial charge >= 0.3 is 0 Å². The lowest BCUT2D eigenvalue weighted by molar-refractivity contribution is -0.114. The number of hydrogen-bond donors (Lipinski definition) is 0. The molecule has 3 rings (SSSR count). The van der Waals surface area contributed by atoms with Gasteiger partial charge in [-0.25, -0.2) is 0 Å². The van der Waals surface area contributed by atoms with Gasteiger partial charge in [-0.3, -0.25) is 0 Å². The summed E-state index contributed by atoms with van der Waals surface area (Å²) in [5.74, 6) is 0. The molecule has 0 bridgehead atoms. The van der Waals surface area contributed by atoms with Crippen molar-refractivity contribution in [2.24, 2.45) is 10.8 Å². The second kappa shape index (κ2) is 5.50. The van der Waals surface area contributed by atoms with Crippen LogP contribution in [0.4, 0.5) is 0 Å². The Labute approximate surface area is 122 Å². The highest BCUT2D eigenvalue weighted by Gasteiger charge is 2.37. The molecule has 2 aliphatic heterocycles. The number of ether oxygens (including phenoxy) is 2. The van der Waals surface area contributed by atoms with Gasteiger partial charge in [-0.05, 0) is 36.8 Å². The second-order valence-corrected chi connectivity index (χ2v) is 6.86. The summed E-state index contributed by atoms with van der Waals surface area (Å²) < 4.78 is 10.8. The Kier molecular flexibility index (Phi) is 3.87. The topological polar surface area (TPSA) is 18.5 Å². The Morgan fingerprint density at radius 1 is 0.750 bits per heavy atom. The van der Waals surface area contributed by atoms with E-state index in [-0.39, 0.29) is 0 Å². The van der Waals surface area contributed by atoms with Crippen molar-refractivity contribution in [1.29, 1.82) is 0 Å². The first-order chi connectivity index (χ1) is 9.69. The summed E-state index contributed by atoms with van der Waals surface area (Å²) in [7, 11) is 0. The van der Waals surface area contributed by atoms with Crippen LogP contribution in [0.15, 0.2) is 24.3 Å². The zero-order chi connectivity index (χ0) is 14.1. The van der Waals surface area contributed by atoms with Crippen LogP contribution >= 0.6 is 0 Å². The predicted molar refractivity (Wildman–Crippen MR) is 80.9 cm³/mol. The fraction of sp³-hybridized carbons (Fsp3) is 0.667. The average Bonchev–Trinajstić information content (AvgIpc) is 2.40. The van der Waals surface area contributed by atoms with Gasteiger partial charge in [0.15, 0.2) is 0 Å². The molecule has 20 heavy (non-hydrogen) atoms. The van der Waals surface area contributed by atoms with Crippen molar-refractivity contribution in [3.63, 3.8) is 0 Å². The molecule has 2 fully saturated rings. The van der Waals surface area contributed by atoms with E-state index in [1.807, 2.05) is 0 Å². The summed E-state index contributed by atoms with van der Waals surface area (Å²) in [6.45, 7) is 8.28. The van der Waals surface area contributed by atoms with Crippen LogP contribution in [0.2, 0.25) is 0 Å². The molecule has 0 unspecified atom stereocenters. The highest BCUT2D eigenvalue weighted by atomic mass is 16.5. The molecule has 0 atom stereocenters. The minimum atomic E-state index is 0.411. The van der Waals surface area contributed by atoms with Gasteiger partial charge in [0.2, 0.25) is 0 Å². The van der Waals surface area contributed by atoms with Gasteiger partial charge in [-0.15, -0.1) is 0 Å². The number of rotatable bonds is 6. The smallest absolute Gasteiger partial charge is 0.0547 e. The van der Waals surface area contributed by atoms with Crippen molar-refractivity contribution in [2.75, 3.05) is 26.4 Å². The maximum absolute atomic E-state index is 5.41. The van der Waals surface area contributed by atoms with Crippen molar-refractivity contribution in [1.82, 2.24) is 0 Å². The van der Waals surface area contributed by atoms with Crippen LogP contribution in [0.5, 0.6) is 0 Å². The summed E-state index contributed by atoms with van der Waals surface area (Å²) in [4.78, 5) is 0. The zero-order valence-corrected chi connectivity index (χ0v) is 12.8. The number of benzene rings is 1. The fourth-order valence-corrected chi connectivity index (χ4v) is 3.28. The van der Waals surface area contributed by atoms with Crippen LogP contribution in [0.25, 0.3) is 0 Å². The lowest BCUT2D eigenvalue weighted by Crippen LogP contribution is -2.44. The van der Waals surface area contributed by atoms with Gasteiger partial charge in [-0.1, -0.05) is 38.1 Å². The molecule has 0 saturated carbocycles. The summed E-state index contributed by atoms with van der Waals surface area (Å²) in [5.41, 5.74) is 3.73. The maximum atomic E-state index is 5.41. The molecule has 0 aromatic heterocycles. The molecule has 0 radical (unpaired) electrons. The van der Waals surface area contributed by atoms with Crippen LogP contribution < -0.4 is 0 Å². The molecule has 2 aliphatic rings. The van der Waals surface area contributed by atoms with E-state index in [0.29, 0.717) is 10.8 Å². The largest absolute Gasteiger partial charge is 0.380 e. The summed E-state index contributed by atoms with van der Waals surface area (Å²) in [6.07, 6.45) is 4.74. The lowest BCUT2D eigenvalue weighted by atomic mass is 9.76. The van der Waals surface area contributed by atoms with Crippen LogP contribution in [0.1, 0.15) is 37.8 Å². The molecule has 2 heterocycles. The van der Waals surface area contributed by atoms with E-state index >= 15 is 0 Å². The van der Waals surface area contributed by atoms with Crippen molar-refractivity contribution in [2.45, 2.75) is 39.5 Å². The second-order valence-electron chi connectivity index (χ2n) is 6.86. The molecule has 1 aromatic carbocycles. The molecule has 1 aromatic rings. The molecular weight excluding hydrogens is 248 g/mol. The molecule has 2 saturated heterocycles. The monoisotopic (exact) mass is 274 g/mol. The van der Waals surface area contributed by atoms with Gasteiger partial charge in [0, 0.05) is 10.8 Å². The van der Waals surface area contributed by atoms with Crippen LogP contribution in [0, 0.1) is 10.8 Å². The Bertz CT molecular complexity index is 387. The van der Waals surface area contributed by atoms with E-state index in [1.54, 1.807) is 0 Å². The normalized spacial score (nSPS) is 22.9. The van der Waals surface area contributed by atoms with Crippen LogP contribution in [-0.2, 0) is 22.3 Å². The Balaban J connectivity index is 1.62. The summed E-state index contributed by atoms with van der Waals surface area (Å²) in [6, 6.07) is 9.25. The minimum absolute atomic E-state index is 0.411. The SMILES string of the molecule is CCC1(Cc2ccc(CC3(CC)COC3)cc2)COC1. The van der Waals surface area contributed by atoms with E-state index in [0.717, 1.165) is 39.3 Å². The van der Waals surface area contributed by atoms with E-state index in [9.17, 15) is 0 Å². The molecule has 0 N–H and O–H groups in total. The first kappa shape index (κ1) is 14.1. The molecule has 110 valence electrons. The van der Waals surface area contributed by atoms with Gasteiger partial charge in [-0.2, -0.15) is 0 Å². The third-order valence-electron chi connectivity index (χ3n) is 5.31. The molecule has 0 aliphatic carbocycles. The molecule has 0 spiro atoms. The molecule has 0 amide bonds. The Morgan fingerprint density at radius 3 is 1.30 bits per heavy atom. The van der Waals surface area contributed by atoms with Crippen molar-refractivity contribution in [3.8, 4) is 0 Å². The van der Waals surface area contributed by atoms with Crippen molar-refractivity contribution < 1.29 is 9.47 Å². The zero-order valence-electron chi connectivity index (χ0n) is 12.8. The van der Waals surface area contributed by atoms with E-state index in [2.05, 4.69) is 38.1 Å².